The smallest absolute Gasteiger partial charge is 0.203 e. The van der Waals surface area contributed by atoms with Gasteiger partial charge in [0, 0.05) is 11.1 Å². The van der Waals surface area contributed by atoms with E-state index >= 15 is 0 Å². The van der Waals surface area contributed by atoms with Gasteiger partial charge in [-0.05, 0) is 25.1 Å². The van der Waals surface area contributed by atoms with Gasteiger partial charge in [-0.15, -0.1) is 0 Å². The average molecular weight is 334 g/mol. The van der Waals surface area contributed by atoms with Crippen LogP contribution in [0.15, 0.2) is 22.6 Å². The minimum atomic E-state index is -1.43. The molecule has 8 heteroatoms. The van der Waals surface area contributed by atoms with Crippen LogP contribution in [0.2, 0.25) is 0 Å². The van der Waals surface area contributed by atoms with Gasteiger partial charge in [0.05, 0.1) is 20.2 Å². The maximum Gasteiger partial charge on any atom is 0.203 e. The highest BCUT2D eigenvalue weighted by Crippen LogP contribution is 2.39. The molecule has 24 heavy (non-hydrogen) atoms. The van der Waals surface area contributed by atoms with Gasteiger partial charge in [0.2, 0.25) is 5.75 Å². The number of benzene rings is 1. The Bertz CT molecular complexity index is 749. The molecule has 0 unspecified atom stereocenters. The van der Waals surface area contributed by atoms with Crippen molar-refractivity contribution in [3.63, 3.8) is 0 Å². The molecule has 8 nitrogen and oxygen atoms in total. The van der Waals surface area contributed by atoms with E-state index in [9.17, 15) is 19.8 Å². The Balaban J connectivity index is 2.32. The molecule has 2 rings (SSSR count). The normalized spacial score (nSPS) is 10.3. The van der Waals surface area contributed by atoms with Crippen LogP contribution in [0.3, 0.4) is 0 Å². The fourth-order valence-corrected chi connectivity index (χ4v) is 2.05. The van der Waals surface area contributed by atoms with Crippen molar-refractivity contribution in [3.8, 4) is 17.2 Å². The topological polar surface area (TPSA) is 121 Å². The molecule has 0 aliphatic carbocycles. The minimum Gasteiger partial charge on any atom is -0.545 e. The van der Waals surface area contributed by atoms with Gasteiger partial charge >= 0.3 is 0 Å². The number of rotatable bonds is 7. The second-order valence-corrected chi connectivity index (χ2v) is 4.77. The van der Waals surface area contributed by atoms with Crippen LogP contribution in [0.25, 0.3) is 0 Å². The lowest BCUT2D eigenvalue weighted by Crippen LogP contribution is -2.22. The van der Waals surface area contributed by atoms with Crippen molar-refractivity contribution in [2.75, 3.05) is 14.2 Å². The van der Waals surface area contributed by atoms with Crippen LogP contribution in [0.4, 0.5) is 0 Å². The van der Waals surface area contributed by atoms with Gasteiger partial charge in [0.15, 0.2) is 11.5 Å². The number of carboxylic acids is 2. The lowest BCUT2D eigenvalue weighted by atomic mass is 10.2. The number of aromatic carboxylic acids is 2. The fraction of sp³-hybridized carbons (Fsp3) is 0.250. The Morgan fingerprint density at radius 3 is 2.04 bits per heavy atom. The third kappa shape index (κ3) is 3.43. The van der Waals surface area contributed by atoms with Gasteiger partial charge in [-0.2, -0.15) is 0 Å². The number of carbonyl (C=O) groups is 2. The number of hydrogen-bond acceptors (Lipinski definition) is 8. The first-order valence-corrected chi connectivity index (χ1v) is 6.78. The van der Waals surface area contributed by atoms with Crippen LogP contribution in [0.1, 0.15) is 32.2 Å². The summed E-state index contributed by atoms with van der Waals surface area (Å²) in [6, 6.07) is 3.77. The molecule has 0 amide bonds. The van der Waals surface area contributed by atoms with Crippen molar-refractivity contribution in [2.45, 2.75) is 13.5 Å². The van der Waals surface area contributed by atoms with Gasteiger partial charge in [-0.1, -0.05) is 0 Å². The Kier molecular flexibility index (Phi) is 4.98. The summed E-state index contributed by atoms with van der Waals surface area (Å²) >= 11 is 0. The third-order valence-corrected chi connectivity index (χ3v) is 3.29. The van der Waals surface area contributed by atoms with E-state index in [1.807, 2.05) is 0 Å². The van der Waals surface area contributed by atoms with Gasteiger partial charge in [-0.3, -0.25) is 0 Å². The molecule has 2 aromatic rings. The number of carboxylic acid groups (broad SMARTS) is 2. The van der Waals surface area contributed by atoms with E-state index in [2.05, 4.69) is 0 Å². The minimum absolute atomic E-state index is 0.0417. The van der Waals surface area contributed by atoms with Crippen molar-refractivity contribution < 1.29 is 38.4 Å². The first-order chi connectivity index (χ1) is 11.4. The Morgan fingerprint density at radius 1 is 1.04 bits per heavy atom. The summed E-state index contributed by atoms with van der Waals surface area (Å²) in [5.41, 5.74) is 0.358. The van der Waals surface area contributed by atoms with Crippen LogP contribution in [0.5, 0.6) is 17.2 Å². The standard InChI is InChI=1S/C16H16O8/c1-8-10(6-13(24-8)16(19)20)7-23-14-11(21-2)4-9(15(17)18)5-12(14)22-3/h4-6H,7H2,1-3H3,(H,17,18)(H,19,20)/p-2. The number of aryl methyl sites for hydroxylation is 1. The van der Waals surface area contributed by atoms with Crippen molar-refractivity contribution in [2.24, 2.45) is 0 Å². The molecule has 0 aliphatic rings. The second-order valence-electron chi connectivity index (χ2n) is 4.77. The van der Waals surface area contributed by atoms with E-state index in [-0.39, 0.29) is 35.2 Å². The molecule has 1 heterocycles. The number of hydrogen-bond donors (Lipinski definition) is 0. The molecule has 0 radical (unpaired) electrons. The summed E-state index contributed by atoms with van der Waals surface area (Å²) in [6.07, 6.45) is 0. The largest absolute Gasteiger partial charge is 0.545 e. The summed E-state index contributed by atoms with van der Waals surface area (Å²) in [5, 5.41) is 21.8. The summed E-state index contributed by atoms with van der Waals surface area (Å²) in [4.78, 5) is 21.8. The monoisotopic (exact) mass is 334 g/mol. The number of ether oxygens (including phenoxy) is 3. The second kappa shape index (κ2) is 6.95. The zero-order valence-corrected chi connectivity index (χ0v) is 13.2. The molecular formula is C16H14O8-2. The van der Waals surface area contributed by atoms with Crippen LogP contribution >= 0.6 is 0 Å². The molecule has 0 N–H and O–H groups in total. The van der Waals surface area contributed by atoms with E-state index < -0.39 is 11.9 Å². The van der Waals surface area contributed by atoms with E-state index in [1.54, 1.807) is 6.92 Å². The summed E-state index contributed by atoms with van der Waals surface area (Å²) in [7, 11) is 2.69. The molecular weight excluding hydrogens is 320 g/mol. The fourth-order valence-electron chi connectivity index (χ4n) is 2.05. The van der Waals surface area contributed by atoms with Crippen molar-refractivity contribution in [1.29, 1.82) is 0 Å². The molecule has 0 aliphatic heterocycles. The van der Waals surface area contributed by atoms with Crippen LogP contribution in [0, 0.1) is 6.92 Å². The van der Waals surface area contributed by atoms with Crippen molar-refractivity contribution in [1.82, 2.24) is 0 Å². The van der Waals surface area contributed by atoms with Crippen LogP contribution in [-0.4, -0.2) is 26.2 Å². The first kappa shape index (κ1) is 17.2. The zero-order chi connectivity index (χ0) is 17.9. The Hall–Kier alpha value is -3.16. The number of methoxy groups -OCH3 is 2. The number of furan rings is 1. The maximum absolute atomic E-state index is 11.0. The highest BCUT2D eigenvalue weighted by atomic mass is 16.5. The van der Waals surface area contributed by atoms with E-state index in [0.29, 0.717) is 11.3 Å². The van der Waals surface area contributed by atoms with E-state index in [0.717, 1.165) is 0 Å². The van der Waals surface area contributed by atoms with Crippen LogP contribution in [-0.2, 0) is 6.61 Å². The quantitative estimate of drug-likeness (QED) is 0.689. The van der Waals surface area contributed by atoms with Crippen molar-refractivity contribution >= 4 is 11.9 Å². The van der Waals surface area contributed by atoms with Gasteiger partial charge in [0.1, 0.15) is 24.1 Å². The molecule has 128 valence electrons. The van der Waals surface area contributed by atoms with E-state index in [1.165, 1.54) is 32.4 Å². The van der Waals surface area contributed by atoms with Gasteiger partial charge < -0.3 is 38.4 Å². The summed E-state index contributed by atoms with van der Waals surface area (Å²) in [5.74, 6) is -2.33. The highest BCUT2D eigenvalue weighted by molar-refractivity contribution is 5.88. The van der Waals surface area contributed by atoms with Gasteiger partial charge in [-0.25, -0.2) is 0 Å². The molecule has 0 bridgehead atoms. The number of carbonyl (C=O) groups excluding carboxylic acids is 2. The maximum atomic E-state index is 11.0. The molecule has 1 aromatic carbocycles. The molecule has 0 saturated heterocycles. The van der Waals surface area contributed by atoms with Crippen LogP contribution < -0.4 is 24.4 Å². The summed E-state index contributed by atoms with van der Waals surface area (Å²) < 4.78 is 20.9. The molecule has 0 saturated carbocycles. The first-order valence-electron chi connectivity index (χ1n) is 6.78. The third-order valence-electron chi connectivity index (χ3n) is 3.29. The lowest BCUT2D eigenvalue weighted by molar-refractivity contribution is -0.257. The summed E-state index contributed by atoms with van der Waals surface area (Å²) in [6.45, 7) is 1.54. The lowest BCUT2D eigenvalue weighted by Gasteiger charge is -2.16. The SMILES string of the molecule is COc1cc(C(=O)[O-])cc(OC)c1OCc1cc(C(=O)[O-])oc1C. The predicted molar refractivity (Wildman–Crippen MR) is 76.0 cm³/mol. The molecule has 0 atom stereocenters. The molecule has 1 aromatic heterocycles. The highest BCUT2D eigenvalue weighted by Gasteiger charge is 2.16. The molecule has 0 fully saturated rings. The van der Waals surface area contributed by atoms with Gasteiger partial charge in [0.25, 0.3) is 0 Å². The Morgan fingerprint density at radius 2 is 1.62 bits per heavy atom. The van der Waals surface area contributed by atoms with Crippen molar-refractivity contribution in [3.05, 3.63) is 40.8 Å². The predicted octanol–water partition coefficient (Wildman–Crippen LogP) is -0.0888. The molecule has 0 spiro atoms. The zero-order valence-electron chi connectivity index (χ0n) is 13.2. The average Bonchev–Trinajstić information content (AvgIpc) is 2.93. The Labute approximate surface area is 137 Å². The van der Waals surface area contributed by atoms with E-state index in [4.69, 9.17) is 18.6 Å².